The Morgan fingerprint density at radius 2 is 1.95 bits per heavy atom. The SMILES string of the molecule is FC(F)(F)c1cccc([C@H]2CNC3(CCCC3)CO2)c1. The molecule has 0 amide bonds. The van der Waals surface area contributed by atoms with Crippen LogP contribution < -0.4 is 5.32 Å². The van der Waals surface area contributed by atoms with E-state index in [1.807, 2.05) is 0 Å². The van der Waals surface area contributed by atoms with Crippen LogP contribution >= 0.6 is 0 Å². The number of rotatable bonds is 1. The first kappa shape index (κ1) is 13.9. The second kappa shape index (κ2) is 5.04. The fourth-order valence-electron chi connectivity index (χ4n) is 3.18. The number of benzene rings is 1. The van der Waals surface area contributed by atoms with Gasteiger partial charge >= 0.3 is 6.18 Å². The number of hydrogen-bond acceptors (Lipinski definition) is 2. The van der Waals surface area contributed by atoms with Gasteiger partial charge < -0.3 is 10.1 Å². The summed E-state index contributed by atoms with van der Waals surface area (Å²) in [6.45, 7) is 1.18. The molecule has 1 N–H and O–H groups in total. The van der Waals surface area contributed by atoms with Crippen LogP contribution in [0, 0.1) is 0 Å². The molecule has 1 aliphatic carbocycles. The average Bonchev–Trinajstić information content (AvgIpc) is 2.87. The average molecular weight is 285 g/mol. The van der Waals surface area contributed by atoms with Gasteiger partial charge in [0.2, 0.25) is 0 Å². The van der Waals surface area contributed by atoms with Gasteiger partial charge in [-0.3, -0.25) is 0 Å². The van der Waals surface area contributed by atoms with Crippen LogP contribution in [0.15, 0.2) is 24.3 Å². The van der Waals surface area contributed by atoms with E-state index in [9.17, 15) is 13.2 Å². The predicted molar refractivity (Wildman–Crippen MR) is 69.3 cm³/mol. The molecule has 20 heavy (non-hydrogen) atoms. The van der Waals surface area contributed by atoms with Crippen LogP contribution in [0.5, 0.6) is 0 Å². The van der Waals surface area contributed by atoms with Gasteiger partial charge in [0.25, 0.3) is 0 Å². The zero-order valence-electron chi connectivity index (χ0n) is 11.2. The van der Waals surface area contributed by atoms with Crippen LogP contribution in [0.3, 0.4) is 0 Å². The molecule has 0 bridgehead atoms. The van der Waals surface area contributed by atoms with Crippen LogP contribution in [0.2, 0.25) is 0 Å². The molecule has 1 aromatic carbocycles. The third-order valence-corrected chi connectivity index (χ3v) is 4.37. The fraction of sp³-hybridized carbons (Fsp3) is 0.600. The molecule has 1 heterocycles. The summed E-state index contributed by atoms with van der Waals surface area (Å²) in [5.41, 5.74) is 0.0536. The molecule has 1 aromatic rings. The molecule has 1 spiro atoms. The Labute approximate surface area is 116 Å². The highest BCUT2D eigenvalue weighted by Gasteiger charge is 2.39. The van der Waals surface area contributed by atoms with Crippen molar-refractivity contribution >= 4 is 0 Å². The van der Waals surface area contributed by atoms with Crippen molar-refractivity contribution in [1.82, 2.24) is 5.32 Å². The Kier molecular flexibility index (Phi) is 3.50. The third-order valence-electron chi connectivity index (χ3n) is 4.37. The molecule has 1 atom stereocenters. The summed E-state index contributed by atoms with van der Waals surface area (Å²) in [6, 6.07) is 5.44. The van der Waals surface area contributed by atoms with Gasteiger partial charge in [-0.15, -0.1) is 0 Å². The van der Waals surface area contributed by atoms with E-state index in [0.29, 0.717) is 18.7 Å². The first-order valence-electron chi connectivity index (χ1n) is 7.02. The van der Waals surface area contributed by atoms with Crippen molar-refractivity contribution in [3.8, 4) is 0 Å². The van der Waals surface area contributed by atoms with Crippen molar-refractivity contribution in [1.29, 1.82) is 0 Å². The molecule has 0 aromatic heterocycles. The zero-order chi connectivity index (χ0) is 14.2. The standard InChI is InChI=1S/C15H18F3NO/c16-15(17,18)12-5-3-4-11(8-12)13-9-19-14(10-20-13)6-1-2-7-14/h3-5,8,13,19H,1-2,6-7,9-10H2/t13-/m1/s1. The smallest absolute Gasteiger partial charge is 0.370 e. The summed E-state index contributed by atoms with van der Waals surface area (Å²) in [7, 11) is 0. The normalized spacial score (nSPS) is 26.1. The Morgan fingerprint density at radius 1 is 1.20 bits per heavy atom. The number of morpholine rings is 1. The van der Waals surface area contributed by atoms with Crippen molar-refractivity contribution in [2.45, 2.75) is 43.5 Å². The quantitative estimate of drug-likeness (QED) is 0.850. The van der Waals surface area contributed by atoms with E-state index < -0.39 is 11.7 Å². The molecule has 2 fully saturated rings. The van der Waals surface area contributed by atoms with Gasteiger partial charge in [0.1, 0.15) is 0 Å². The van der Waals surface area contributed by atoms with Crippen LogP contribution in [0.4, 0.5) is 13.2 Å². The number of ether oxygens (including phenoxy) is 1. The molecule has 0 unspecified atom stereocenters. The number of alkyl halides is 3. The summed E-state index contributed by atoms with van der Waals surface area (Å²) in [5, 5.41) is 3.49. The monoisotopic (exact) mass is 285 g/mol. The number of halogens is 3. The second-order valence-corrected chi connectivity index (χ2v) is 5.79. The lowest BCUT2D eigenvalue weighted by Gasteiger charge is -2.38. The van der Waals surface area contributed by atoms with Crippen LogP contribution in [0.25, 0.3) is 0 Å². The molecular weight excluding hydrogens is 267 g/mol. The van der Waals surface area contributed by atoms with Crippen LogP contribution in [-0.4, -0.2) is 18.7 Å². The molecule has 2 aliphatic rings. The molecular formula is C15H18F3NO. The number of nitrogens with one attached hydrogen (secondary N) is 1. The second-order valence-electron chi connectivity index (χ2n) is 5.79. The Balaban J connectivity index is 1.72. The first-order chi connectivity index (χ1) is 9.49. The maximum Gasteiger partial charge on any atom is 0.416 e. The van der Waals surface area contributed by atoms with Gasteiger partial charge in [0.15, 0.2) is 0 Å². The zero-order valence-corrected chi connectivity index (χ0v) is 11.2. The highest BCUT2D eigenvalue weighted by molar-refractivity contribution is 5.28. The third kappa shape index (κ3) is 2.69. The highest BCUT2D eigenvalue weighted by atomic mass is 19.4. The Hall–Kier alpha value is -1.07. The predicted octanol–water partition coefficient (Wildman–Crippen LogP) is 3.68. The maximum absolute atomic E-state index is 12.7. The summed E-state index contributed by atoms with van der Waals surface area (Å²) >= 11 is 0. The van der Waals surface area contributed by atoms with E-state index in [-0.39, 0.29) is 11.6 Å². The Bertz CT molecular complexity index is 470. The lowest BCUT2D eigenvalue weighted by Crippen LogP contribution is -2.53. The van der Waals surface area contributed by atoms with E-state index in [0.717, 1.165) is 18.9 Å². The minimum Gasteiger partial charge on any atom is -0.370 e. The molecule has 1 saturated carbocycles. The van der Waals surface area contributed by atoms with Gasteiger partial charge in [-0.05, 0) is 30.5 Å². The minimum absolute atomic E-state index is 0.0676. The lowest BCUT2D eigenvalue weighted by molar-refractivity contribution is -0.137. The summed E-state index contributed by atoms with van der Waals surface area (Å²) < 4.78 is 44.0. The molecule has 0 radical (unpaired) electrons. The molecule has 110 valence electrons. The van der Waals surface area contributed by atoms with E-state index in [1.54, 1.807) is 6.07 Å². The van der Waals surface area contributed by atoms with E-state index in [2.05, 4.69) is 5.32 Å². The fourth-order valence-corrected chi connectivity index (χ4v) is 3.18. The van der Waals surface area contributed by atoms with Crippen molar-refractivity contribution in [2.75, 3.05) is 13.2 Å². The lowest BCUT2D eigenvalue weighted by atomic mass is 9.95. The van der Waals surface area contributed by atoms with E-state index in [4.69, 9.17) is 4.74 Å². The van der Waals surface area contributed by atoms with Gasteiger partial charge in [0.05, 0.1) is 18.3 Å². The van der Waals surface area contributed by atoms with Crippen molar-refractivity contribution < 1.29 is 17.9 Å². The van der Waals surface area contributed by atoms with Gasteiger partial charge in [0, 0.05) is 12.1 Å². The van der Waals surface area contributed by atoms with Gasteiger partial charge in [-0.2, -0.15) is 13.2 Å². The molecule has 1 aliphatic heterocycles. The summed E-state index contributed by atoms with van der Waals surface area (Å²) in [4.78, 5) is 0. The van der Waals surface area contributed by atoms with Gasteiger partial charge in [-0.1, -0.05) is 25.0 Å². The maximum atomic E-state index is 12.7. The van der Waals surface area contributed by atoms with Crippen LogP contribution in [0.1, 0.15) is 42.9 Å². The first-order valence-corrected chi connectivity index (χ1v) is 7.02. The summed E-state index contributed by atoms with van der Waals surface area (Å²) in [6.07, 6.45) is 0.00780. The topological polar surface area (TPSA) is 21.3 Å². The van der Waals surface area contributed by atoms with Crippen molar-refractivity contribution in [2.24, 2.45) is 0 Å². The highest BCUT2D eigenvalue weighted by Crippen LogP contribution is 2.36. The van der Waals surface area contributed by atoms with Crippen molar-refractivity contribution in [3.63, 3.8) is 0 Å². The number of hydrogen-bond donors (Lipinski definition) is 1. The molecule has 1 saturated heterocycles. The van der Waals surface area contributed by atoms with Crippen molar-refractivity contribution in [3.05, 3.63) is 35.4 Å². The Morgan fingerprint density at radius 3 is 2.55 bits per heavy atom. The minimum atomic E-state index is -4.30. The molecule has 5 heteroatoms. The van der Waals surface area contributed by atoms with Gasteiger partial charge in [-0.25, -0.2) is 0 Å². The van der Waals surface area contributed by atoms with E-state index in [1.165, 1.54) is 25.0 Å². The largest absolute Gasteiger partial charge is 0.416 e. The van der Waals surface area contributed by atoms with E-state index >= 15 is 0 Å². The molecule has 3 rings (SSSR count). The molecule has 2 nitrogen and oxygen atoms in total. The summed E-state index contributed by atoms with van der Waals surface area (Å²) in [5.74, 6) is 0. The van der Waals surface area contributed by atoms with Crippen LogP contribution in [-0.2, 0) is 10.9 Å².